The smallest absolute Gasteiger partial charge is 0.399 e. The number of nitrogens with two attached hydrogens (primary N) is 1. The van der Waals surface area contributed by atoms with E-state index in [0.717, 1.165) is 0 Å². The van der Waals surface area contributed by atoms with Crippen LogP contribution in [0.5, 0.6) is 11.8 Å². The minimum absolute atomic E-state index is 0.178. The van der Waals surface area contributed by atoms with Crippen molar-refractivity contribution in [2.75, 3.05) is 0 Å². The topological polar surface area (TPSA) is 61.3 Å². The third-order valence-electron chi connectivity index (χ3n) is 1.76. The second kappa shape index (κ2) is 4.33. The molecule has 0 amide bonds. The van der Waals surface area contributed by atoms with Gasteiger partial charge in [0.25, 0.3) is 0 Å². The second-order valence-electron chi connectivity index (χ2n) is 2.86. The molecule has 0 aliphatic rings. The molecule has 0 radical (unpaired) electrons. The zero-order valence-corrected chi connectivity index (χ0v) is 8.57. The average Bonchev–Trinajstić information content (AvgIpc) is 2.69. The number of aromatic nitrogens is 1. The van der Waals surface area contributed by atoms with Gasteiger partial charge in [0.2, 0.25) is 0 Å². The quantitative estimate of drug-likeness (QED) is 0.871. The lowest BCUT2D eigenvalue weighted by molar-refractivity contribution is 0.331. The summed E-state index contributed by atoms with van der Waals surface area (Å²) in [5.74, 6) is 0.616. The molecule has 5 heteroatoms. The predicted octanol–water partition coefficient (Wildman–Crippen LogP) is 2.58. The molecule has 0 saturated carbocycles. The SMILES string of the molecule is NCc1coc(Oc2ccc(Cl)cc2)n1. The Morgan fingerprint density at radius 2 is 2.07 bits per heavy atom. The Morgan fingerprint density at radius 3 is 2.67 bits per heavy atom. The molecular weight excluding hydrogens is 216 g/mol. The number of halogens is 1. The zero-order chi connectivity index (χ0) is 10.7. The molecule has 2 N–H and O–H groups in total. The van der Waals surface area contributed by atoms with Gasteiger partial charge in [0.15, 0.2) is 0 Å². The van der Waals surface area contributed by atoms with E-state index in [2.05, 4.69) is 4.98 Å². The van der Waals surface area contributed by atoms with Gasteiger partial charge in [-0.3, -0.25) is 0 Å². The minimum Gasteiger partial charge on any atom is -0.417 e. The summed E-state index contributed by atoms with van der Waals surface area (Å²) < 4.78 is 10.4. The molecule has 0 unspecified atom stereocenters. The van der Waals surface area contributed by atoms with Crippen LogP contribution < -0.4 is 10.5 Å². The van der Waals surface area contributed by atoms with Crippen molar-refractivity contribution in [2.24, 2.45) is 5.73 Å². The zero-order valence-electron chi connectivity index (χ0n) is 7.81. The van der Waals surface area contributed by atoms with Crippen molar-refractivity contribution in [1.82, 2.24) is 4.98 Å². The van der Waals surface area contributed by atoms with E-state index in [9.17, 15) is 0 Å². The first-order chi connectivity index (χ1) is 7.28. The summed E-state index contributed by atoms with van der Waals surface area (Å²) in [6.45, 7) is 0.327. The highest BCUT2D eigenvalue weighted by molar-refractivity contribution is 6.30. The molecule has 2 rings (SSSR count). The molecule has 0 bridgehead atoms. The van der Waals surface area contributed by atoms with Gasteiger partial charge >= 0.3 is 6.08 Å². The van der Waals surface area contributed by atoms with Crippen LogP contribution in [-0.4, -0.2) is 4.98 Å². The van der Waals surface area contributed by atoms with E-state index in [-0.39, 0.29) is 6.08 Å². The number of oxazole rings is 1. The summed E-state index contributed by atoms with van der Waals surface area (Å²) in [4.78, 5) is 4.00. The van der Waals surface area contributed by atoms with E-state index in [0.29, 0.717) is 23.0 Å². The molecule has 1 heterocycles. The van der Waals surface area contributed by atoms with Gasteiger partial charge in [-0.25, -0.2) is 0 Å². The normalized spacial score (nSPS) is 10.3. The van der Waals surface area contributed by atoms with Crippen LogP contribution in [0, 0.1) is 0 Å². The van der Waals surface area contributed by atoms with Crippen molar-refractivity contribution < 1.29 is 9.15 Å². The molecule has 2 aromatic rings. The van der Waals surface area contributed by atoms with Crippen LogP contribution in [0.4, 0.5) is 0 Å². The Morgan fingerprint density at radius 1 is 1.33 bits per heavy atom. The van der Waals surface area contributed by atoms with Crippen molar-refractivity contribution >= 4 is 11.6 Å². The molecule has 0 spiro atoms. The Balaban J connectivity index is 2.11. The molecule has 0 fully saturated rings. The number of ether oxygens (including phenoxy) is 1. The number of hydrogen-bond donors (Lipinski definition) is 1. The van der Waals surface area contributed by atoms with Crippen LogP contribution in [0.25, 0.3) is 0 Å². The molecule has 0 aliphatic carbocycles. The van der Waals surface area contributed by atoms with Crippen LogP contribution in [0.1, 0.15) is 5.69 Å². The lowest BCUT2D eigenvalue weighted by Gasteiger charge is -1.99. The summed E-state index contributed by atoms with van der Waals surface area (Å²) in [5.41, 5.74) is 6.03. The molecule has 1 aromatic heterocycles. The average molecular weight is 225 g/mol. The summed E-state index contributed by atoms with van der Waals surface area (Å²) >= 11 is 5.73. The van der Waals surface area contributed by atoms with E-state index in [4.69, 9.17) is 26.5 Å². The van der Waals surface area contributed by atoms with Crippen molar-refractivity contribution in [3.63, 3.8) is 0 Å². The van der Waals surface area contributed by atoms with E-state index in [1.807, 2.05) is 0 Å². The highest BCUT2D eigenvalue weighted by Gasteiger charge is 2.04. The van der Waals surface area contributed by atoms with Gasteiger partial charge in [0.1, 0.15) is 12.0 Å². The van der Waals surface area contributed by atoms with Crippen LogP contribution >= 0.6 is 11.6 Å². The van der Waals surface area contributed by atoms with Gasteiger partial charge in [0, 0.05) is 11.6 Å². The van der Waals surface area contributed by atoms with Crippen LogP contribution in [0.3, 0.4) is 0 Å². The summed E-state index contributed by atoms with van der Waals surface area (Å²) in [5, 5.41) is 0.650. The Hall–Kier alpha value is -1.52. The van der Waals surface area contributed by atoms with Gasteiger partial charge < -0.3 is 14.9 Å². The second-order valence-corrected chi connectivity index (χ2v) is 3.30. The summed E-state index contributed by atoms with van der Waals surface area (Å²) in [7, 11) is 0. The number of rotatable bonds is 3. The fourth-order valence-corrected chi connectivity index (χ4v) is 1.16. The van der Waals surface area contributed by atoms with Crippen molar-refractivity contribution in [3.05, 3.63) is 41.2 Å². The van der Waals surface area contributed by atoms with Gasteiger partial charge in [-0.1, -0.05) is 11.6 Å². The molecular formula is C10H9ClN2O2. The Bertz CT molecular complexity index is 439. The summed E-state index contributed by atoms with van der Waals surface area (Å²) in [6.07, 6.45) is 1.64. The van der Waals surface area contributed by atoms with Crippen molar-refractivity contribution in [2.45, 2.75) is 6.54 Å². The van der Waals surface area contributed by atoms with Crippen LogP contribution in [-0.2, 0) is 6.54 Å². The fourth-order valence-electron chi connectivity index (χ4n) is 1.03. The van der Waals surface area contributed by atoms with E-state index in [1.54, 1.807) is 24.3 Å². The third-order valence-corrected chi connectivity index (χ3v) is 2.01. The fraction of sp³-hybridized carbons (Fsp3) is 0.100. The highest BCUT2D eigenvalue weighted by atomic mass is 35.5. The molecule has 15 heavy (non-hydrogen) atoms. The molecule has 0 aliphatic heterocycles. The maximum Gasteiger partial charge on any atom is 0.399 e. The maximum absolute atomic E-state index is 5.73. The lowest BCUT2D eigenvalue weighted by atomic mass is 10.3. The number of hydrogen-bond acceptors (Lipinski definition) is 4. The van der Waals surface area contributed by atoms with E-state index >= 15 is 0 Å². The monoisotopic (exact) mass is 224 g/mol. The number of benzene rings is 1. The van der Waals surface area contributed by atoms with Gasteiger partial charge in [-0.05, 0) is 24.3 Å². The lowest BCUT2D eigenvalue weighted by Crippen LogP contribution is -1.95. The number of nitrogens with zero attached hydrogens (tertiary/aromatic N) is 1. The van der Waals surface area contributed by atoms with E-state index < -0.39 is 0 Å². The standard InChI is InChI=1S/C10H9ClN2O2/c11-7-1-3-9(4-2-7)15-10-13-8(5-12)6-14-10/h1-4,6H,5,12H2. The van der Waals surface area contributed by atoms with Crippen molar-refractivity contribution in [3.8, 4) is 11.8 Å². The Kier molecular flexibility index (Phi) is 2.89. The Labute approximate surface area is 91.6 Å². The maximum atomic E-state index is 5.73. The van der Waals surface area contributed by atoms with Gasteiger partial charge in [0.05, 0.1) is 5.69 Å². The first kappa shape index (κ1) is 10.0. The largest absolute Gasteiger partial charge is 0.417 e. The molecule has 0 saturated heterocycles. The van der Waals surface area contributed by atoms with Crippen molar-refractivity contribution in [1.29, 1.82) is 0 Å². The van der Waals surface area contributed by atoms with E-state index in [1.165, 1.54) is 6.26 Å². The van der Waals surface area contributed by atoms with Gasteiger partial charge in [-0.2, -0.15) is 4.98 Å². The molecule has 4 nitrogen and oxygen atoms in total. The minimum atomic E-state index is 0.178. The molecule has 78 valence electrons. The molecule has 1 aromatic carbocycles. The van der Waals surface area contributed by atoms with Gasteiger partial charge in [-0.15, -0.1) is 0 Å². The summed E-state index contributed by atoms with van der Waals surface area (Å²) in [6, 6.07) is 6.91. The highest BCUT2D eigenvalue weighted by Crippen LogP contribution is 2.22. The molecule has 0 atom stereocenters. The van der Waals surface area contributed by atoms with Crippen LogP contribution in [0.2, 0.25) is 5.02 Å². The predicted molar refractivity (Wildman–Crippen MR) is 55.9 cm³/mol. The third kappa shape index (κ3) is 2.49. The first-order valence-corrected chi connectivity index (χ1v) is 4.73. The first-order valence-electron chi connectivity index (χ1n) is 4.36. The van der Waals surface area contributed by atoms with Crippen LogP contribution in [0.15, 0.2) is 34.9 Å².